The Hall–Kier alpha value is -1.86. The van der Waals surface area contributed by atoms with Gasteiger partial charge in [-0.2, -0.15) is 8.78 Å². The minimum atomic E-state index is -4.27. The van der Waals surface area contributed by atoms with Crippen LogP contribution in [-0.4, -0.2) is 112 Å². The second-order valence-electron chi connectivity index (χ2n) is 7.73. The average Bonchev–Trinajstić information content (AvgIpc) is 2.76. The fourth-order valence-corrected chi connectivity index (χ4v) is 3.30. The van der Waals surface area contributed by atoms with Crippen molar-refractivity contribution in [3.63, 3.8) is 0 Å². The summed E-state index contributed by atoms with van der Waals surface area (Å²) in [7, 11) is 1.50. The van der Waals surface area contributed by atoms with Crippen LogP contribution in [0.1, 0.15) is 10.4 Å². The minimum absolute atomic E-state index is 0.0596. The summed E-state index contributed by atoms with van der Waals surface area (Å²) in [5.74, 6) is -5.05. The lowest BCUT2D eigenvalue weighted by Crippen LogP contribution is -2.51. The van der Waals surface area contributed by atoms with Gasteiger partial charge in [0.05, 0.1) is 32.0 Å². The second kappa shape index (κ2) is 13.1. The minimum Gasteiger partial charge on any atom is -0.389 e. The highest BCUT2D eigenvalue weighted by atomic mass is 19.3. The molecule has 0 spiro atoms. The Balaban J connectivity index is 1.87. The molecule has 0 bridgehead atoms. The van der Waals surface area contributed by atoms with Crippen molar-refractivity contribution in [1.29, 1.82) is 0 Å². The predicted octanol–water partition coefficient (Wildman–Crippen LogP) is 1.89. The van der Waals surface area contributed by atoms with E-state index in [9.17, 15) is 31.9 Å². The van der Waals surface area contributed by atoms with Crippen molar-refractivity contribution in [2.75, 3.05) is 66.3 Å². The highest BCUT2D eigenvalue weighted by Crippen LogP contribution is 2.23. The summed E-state index contributed by atoms with van der Waals surface area (Å²) < 4.78 is 78.6. The third-order valence-corrected chi connectivity index (χ3v) is 4.98. The van der Waals surface area contributed by atoms with Crippen LogP contribution in [0.4, 0.5) is 22.0 Å². The molecule has 1 heterocycles. The first-order valence-electron chi connectivity index (χ1n) is 10.4. The third kappa shape index (κ3) is 9.13. The highest BCUT2D eigenvalue weighted by Gasteiger charge is 2.41. The van der Waals surface area contributed by atoms with Crippen molar-refractivity contribution < 1.29 is 46.1 Å². The molecule has 1 aromatic rings. The lowest BCUT2D eigenvalue weighted by atomic mass is 10.1. The van der Waals surface area contributed by atoms with Gasteiger partial charge in [0.15, 0.2) is 0 Å². The lowest BCUT2D eigenvalue weighted by molar-refractivity contribution is -0.171. The number of halogens is 5. The van der Waals surface area contributed by atoms with Gasteiger partial charge in [-0.05, 0) is 24.3 Å². The molecule has 33 heavy (non-hydrogen) atoms. The summed E-state index contributed by atoms with van der Waals surface area (Å²) in [4.78, 5) is 16.2. The second-order valence-corrected chi connectivity index (χ2v) is 7.73. The van der Waals surface area contributed by atoms with Crippen LogP contribution in [0.15, 0.2) is 24.3 Å². The van der Waals surface area contributed by atoms with Gasteiger partial charge >= 0.3 is 12.3 Å². The van der Waals surface area contributed by atoms with Crippen LogP contribution in [0, 0.1) is 5.82 Å². The number of alkyl halides is 4. The number of aliphatic hydroxyl groups is 1. The topological polar surface area (TPSA) is 71.5 Å². The normalized spacial score (nSPS) is 18.5. The van der Waals surface area contributed by atoms with Gasteiger partial charge in [-0.3, -0.25) is 9.69 Å². The third-order valence-electron chi connectivity index (χ3n) is 4.98. The van der Waals surface area contributed by atoms with Gasteiger partial charge in [-0.1, -0.05) is 0 Å². The summed E-state index contributed by atoms with van der Waals surface area (Å²) in [5.41, 5.74) is 0.313. The zero-order valence-corrected chi connectivity index (χ0v) is 18.3. The molecule has 12 heteroatoms. The molecule has 2 atom stereocenters. The van der Waals surface area contributed by atoms with Crippen molar-refractivity contribution in [2.24, 2.45) is 0 Å². The van der Waals surface area contributed by atoms with E-state index in [0.717, 1.165) is 0 Å². The zero-order valence-electron chi connectivity index (χ0n) is 18.3. The van der Waals surface area contributed by atoms with Crippen LogP contribution < -0.4 is 0 Å². The number of hydrogen-bond donors (Lipinski definition) is 1. The molecular formula is C21H29F5N2O5. The molecule has 0 unspecified atom stereocenters. The Morgan fingerprint density at radius 2 is 2.03 bits per heavy atom. The number of carbonyl (C=O) groups excluding carboxylic acids is 1. The van der Waals surface area contributed by atoms with E-state index in [1.807, 2.05) is 4.90 Å². The largest absolute Gasteiger partial charge is 0.389 e. The molecule has 2 rings (SSSR count). The number of benzene rings is 1. The predicted molar refractivity (Wildman–Crippen MR) is 108 cm³/mol. The lowest BCUT2D eigenvalue weighted by Gasteiger charge is -2.36. The van der Waals surface area contributed by atoms with Crippen LogP contribution in [0.25, 0.3) is 0 Å². The molecule has 0 radical (unpaired) electrons. The molecule has 1 amide bonds. The van der Waals surface area contributed by atoms with Crippen LogP contribution >= 0.6 is 0 Å². The summed E-state index contributed by atoms with van der Waals surface area (Å²) in [6.45, 7) is -0.0715. The number of carbonyl (C=O) groups is 1. The van der Waals surface area contributed by atoms with Crippen LogP contribution in [0.3, 0.4) is 0 Å². The first-order valence-corrected chi connectivity index (χ1v) is 10.4. The number of morpholine rings is 1. The number of hydrogen-bond acceptors (Lipinski definition) is 6. The number of β-amino-alcohol motifs (C(OH)–C–C–N with tert-alkyl or cyclic N) is 1. The Labute approximate surface area is 189 Å². The number of methoxy groups -OCH3 is 1. The molecular weight excluding hydrogens is 455 g/mol. The summed E-state index contributed by atoms with van der Waals surface area (Å²) in [5, 5.41) is 10.0. The molecule has 1 fully saturated rings. The molecule has 0 aliphatic carbocycles. The first-order chi connectivity index (χ1) is 15.6. The number of ether oxygens (including phenoxy) is 3. The average molecular weight is 484 g/mol. The van der Waals surface area contributed by atoms with E-state index >= 15 is 0 Å². The molecule has 1 N–H and O–H groups in total. The van der Waals surface area contributed by atoms with E-state index in [4.69, 9.17) is 9.47 Å². The first kappa shape index (κ1) is 27.4. The smallest absolute Gasteiger partial charge is 0.330 e. The van der Waals surface area contributed by atoms with E-state index in [2.05, 4.69) is 4.74 Å². The molecule has 0 saturated carbocycles. The van der Waals surface area contributed by atoms with Crippen molar-refractivity contribution in [3.8, 4) is 0 Å². The van der Waals surface area contributed by atoms with Gasteiger partial charge in [0.1, 0.15) is 12.4 Å². The maximum Gasteiger partial charge on any atom is 0.330 e. The quantitative estimate of drug-likeness (QED) is 0.432. The van der Waals surface area contributed by atoms with Gasteiger partial charge < -0.3 is 24.2 Å². The van der Waals surface area contributed by atoms with Gasteiger partial charge in [-0.15, -0.1) is 0 Å². The molecule has 1 aliphatic rings. The molecule has 0 aromatic heterocycles. The van der Waals surface area contributed by atoms with Crippen LogP contribution in [0.5, 0.6) is 0 Å². The van der Waals surface area contributed by atoms with Gasteiger partial charge in [-0.25, -0.2) is 13.2 Å². The van der Waals surface area contributed by atoms with E-state index in [0.29, 0.717) is 25.3 Å². The summed E-state index contributed by atoms with van der Waals surface area (Å²) in [6.07, 6.45) is -5.41. The molecule has 7 nitrogen and oxygen atoms in total. The van der Waals surface area contributed by atoms with E-state index in [1.165, 1.54) is 36.3 Å². The van der Waals surface area contributed by atoms with E-state index in [-0.39, 0.29) is 32.1 Å². The van der Waals surface area contributed by atoms with E-state index < -0.39 is 43.6 Å². The van der Waals surface area contributed by atoms with Gasteiger partial charge in [0, 0.05) is 45.4 Å². The Morgan fingerprint density at radius 3 is 2.67 bits per heavy atom. The van der Waals surface area contributed by atoms with Gasteiger partial charge in [0.2, 0.25) is 0 Å². The number of aliphatic hydroxyl groups excluding tert-OH is 1. The number of amides is 1. The number of rotatable bonds is 13. The Kier molecular flexibility index (Phi) is 10.9. The monoisotopic (exact) mass is 484 g/mol. The highest BCUT2D eigenvalue weighted by molar-refractivity contribution is 5.94. The SMILES string of the molecule is COCCN(C[C@@H]1CN(C[C@@H](O)COCC(F)(F)C(F)F)CCO1)C(=O)c1ccc(F)cc1. The molecule has 1 aliphatic heterocycles. The fourth-order valence-electron chi connectivity index (χ4n) is 3.30. The van der Waals surface area contributed by atoms with Gasteiger partial charge in [0.25, 0.3) is 5.91 Å². The fraction of sp³-hybridized carbons (Fsp3) is 0.667. The zero-order chi connectivity index (χ0) is 24.4. The summed E-state index contributed by atoms with van der Waals surface area (Å²) >= 11 is 0. The van der Waals surface area contributed by atoms with Crippen molar-refractivity contribution >= 4 is 5.91 Å². The van der Waals surface area contributed by atoms with Crippen LogP contribution in [0.2, 0.25) is 0 Å². The van der Waals surface area contributed by atoms with Crippen LogP contribution in [-0.2, 0) is 14.2 Å². The maximum atomic E-state index is 13.2. The van der Waals surface area contributed by atoms with Crippen molar-refractivity contribution in [2.45, 2.75) is 24.6 Å². The van der Waals surface area contributed by atoms with Crippen molar-refractivity contribution in [1.82, 2.24) is 9.80 Å². The molecule has 1 saturated heterocycles. The standard InChI is InChI=1S/C21H29F5N2O5/c1-31-8-7-28(19(30)15-2-4-16(22)5-3-15)12-18-11-27(6-9-33-18)10-17(29)13-32-14-21(25,26)20(23)24/h2-5,17-18,20,29H,6-14H2,1H3/t17-,18+/m1/s1. The van der Waals surface area contributed by atoms with Crippen molar-refractivity contribution in [3.05, 3.63) is 35.6 Å². The number of nitrogens with zero attached hydrogens (tertiary/aromatic N) is 2. The summed E-state index contributed by atoms with van der Waals surface area (Å²) in [6, 6.07) is 5.17. The Morgan fingerprint density at radius 1 is 1.33 bits per heavy atom. The van der Waals surface area contributed by atoms with E-state index in [1.54, 1.807) is 0 Å². The molecule has 1 aromatic carbocycles. The maximum absolute atomic E-state index is 13.2. The molecule has 188 valence electrons. The Bertz CT molecular complexity index is 726.